The molecule has 24 heavy (non-hydrogen) atoms. The number of carboxylic acid groups (broad SMARTS) is 1. The molecule has 0 radical (unpaired) electrons. The third-order valence-electron chi connectivity index (χ3n) is 3.61. The van der Waals surface area contributed by atoms with Gasteiger partial charge in [-0.1, -0.05) is 12.1 Å². The predicted molar refractivity (Wildman–Crippen MR) is 93.6 cm³/mol. The number of carboxylic acids is 1. The zero-order valence-electron chi connectivity index (χ0n) is 13.4. The van der Waals surface area contributed by atoms with E-state index in [-0.39, 0.29) is 22.4 Å². The second-order valence-corrected chi connectivity index (χ2v) is 5.84. The number of anilines is 1. The summed E-state index contributed by atoms with van der Waals surface area (Å²) in [6.07, 6.45) is 0. The number of nitrogens with one attached hydrogen (secondary N) is 1. The fraction of sp³-hybridized carbons (Fsp3) is 0.158. The van der Waals surface area contributed by atoms with Crippen LogP contribution in [0.5, 0.6) is 0 Å². The Hall–Kier alpha value is -3.08. The SMILES string of the molecule is CC(C)Nc1ccccc1-c1cc(=O)c2cc(C(=O)O)ccc2o1. The maximum atomic E-state index is 12.4. The number of benzene rings is 2. The fourth-order valence-electron chi connectivity index (χ4n) is 2.56. The van der Waals surface area contributed by atoms with Crippen LogP contribution in [0, 0.1) is 0 Å². The van der Waals surface area contributed by atoms with Gasteiger partial charge in [-0.3, -0.25) is 4.79 Å². The van der Waals surface area contributed by atoms with Gasteiger partial charge in [0.2, 0.25) is 0 Å². The highest BCUT2D eigenvalue weighted by atomic mass is 16.4. The Kier molecular flexibility index (Phi) is 4.08. The Morgan fingerprint density at radius 3 is 2.58 bits per heavy atom. The van der Waals surface area contributed by atoms with E-state index in [9.17, 15) is 9.59 Å². The largest absolute Gasteiger partial charge is 0.478 e. The van der Waals surface area contributed by atoms with Gasteiger partial charge < -0.3 is 14.8 Å². The molecule has 0 atom stereocenters. The van der Waals surface area contributed by atoms with E-state index in [0.29, 0.717) is 11.3 Å². The summed E-state index contributed by atoms with van der Waals surface area (Å²) < 4.78 is 5.85. The van der Waals surface area contributed by atoms with Crippen LogP contribution < -0.4 is 10.7 Å². The molecule has 3 aromatic rings. The Morgan fingerprint density at radius 2 is 1.88 bits per heavy atom. The quantitative estimate of drug-likeness (QED) is 0.759. The highest BCUT2D eigenvalue weighted by molar-refractivity contribution is 5.93. The van der Waals surface area contributed by atoms with E-state index in [2.05, 4.69) is 5.32 Å². The molecule has 0 saturated carbocycles. The average molecular weight is 323 g/mol. The number of carbonyl (C=O) groups is 1. The highest BCUT2D eigenvalue weighted by Crippen LogP contribution is 2.29. The third kappa shape index (κ3) is 3.01. The first-order chi connectivity index (χ1) is 11.5. The lowest BCUT2D eigenvalue weighted by Gasteiger charge is -2.14. The molecule has 5 nitrogen and oxygen atoms in total. The fourth-order valence-corrected chi connectivity index (χ4v) is 2.56. The number of fused-ring (bicyclic) bond motifs is 1. The number of hydrogen-bond acceptors (Lipinski definition) is 4. The van der Waals surface area contributed by atoms with Gasteiger partial charge in [0.1, 0.15) is 11.3 Å². The van der Waals surface area contributed by atoms with Crippen molar-refractivity contribution in [1.29, 1.82) is 0 Å². The van der Waals surface area contributed by atoms with Crippen LogP contribution in [0.15, 0.2) is 57.7 Å². The summed E-state index contributed by atoms with van der Waals surface area (Å²) >= 11 is 0. The molecule has 0 spiro atoms. The molecule has 2 aromatic carbocycles. The van der Waals surface area contributed by atoms with Crippen molar-refractivity contribution in [2.45, 2.75) is 19.9 Å². The summed E-state index contributed by atoms with van der Waals surface area (Å²) in [5, 5.41) is 12.6. The second-order valence-electron chi connectivity index (χ2n) is 5.84. The lowest BCUT2D eigenvalue weighted by Crippen LogP contribution is -2.11. The van der Waals surface area contributed by atoms with Crippen LogP contribution in [0.1, 0.15) is 24.2 Å². The molecule has 5 heteroatoms. The number of aromatic carboxylic acids is 1. The smallest absolute Gasteiger partial charge is 0.335 e. The van der Waals surface area contributed by atoms with Crippen molar-refractivity contribution >= 4 is 22.6 Å². The minimum atomic E-state index is -1.08. The summed E-state index contributed by atoms with van der Waals surface area (Å²) in [6, 6.07) is 13.5. The summed E-state index contributed by atoms with van der Waals surface area (Å²) in [5.74, 6) is -0.633. The predicted octanol–water partition coefficient (Wildman–Crippen LogP) is 3.98. The van der Waals surface area contributed by atoms with E-state index < -0.39 is 5.97 Å². The normalized spacial score (nSPS) is 11.0. The number of rotatable bonds is 4. The Morgan fingerprint density at radius 1 is 1.12 bits per heavy atom. The van der Waals surface area contributed by atoms with Gasteiger partial charge >= 0.3 is 5.97 Å². The van der Waals surface area contributed by atoms with Crippen molar-refractivity contribution in [2.24, 2.45) is 0 Å². The van der Waals surface area contributed by atoms with Gasteiger partial charge in [-0.15, -0.1) is 0 Å². The van der Waals surface area contributed by atoms with Gasteiger partial charge in [-0.05, 0) is 44.2 Å². The molecule has 122 valence electrons. The summed E-state index contributed by atoms with van der Waals surface area (Å²) in [7, 11) is 0. The van der Waals surface area contributed by atoms with Gasteiger partial charge in [0.15, 0.2) is 5.43 Å². The molecule has 0 aliphatic heterocycles. The summed E-state index contributed by atoms with van der Waals surface area (Å²) in [4.78, 5) is 23.5. The van der Waals surface area contributed by atoms with E-state index >= 15 is 0 Å². The Bertz CT molecular complexity index is 973. The molecule has 0 saturated heterocycles. The van der Waals surface area contributed by atoms with Crippen molar-refractivity contribution in [3.05, 3.63) is 64.3 Å². The van der Waals surface area contributed by atoms with Gasteiger partial charge in [0.25, 0.3) is 0 Å². The van der Waals surface area contributed by atoms with Crippen LogP contribution in [0.2, 0.25) is 0 Å². The first-order valence-corrected chi connectivity index (χ1v) is 7.63. The average Bonchev–Trinajstić information content (AvgIpc) is 2.54. The van der Waals surface area contributed by atoms with Crippen LogP contribution in [-0.2, 0) is 0 Å². The molecule has 0 aliphatic carbocycles. The van der Waals surface area contributed by atoms with Crippen molar-refractivity contribution in [3.8, 4) is 11.3 Å². The molecule has 1 heterocycles. The molecule has 0 fully saturated rings. The van der Waals surface area contributed by atoms with E-state index in [1.807, 2.05) is 38.1 Å². The monoisotopic (exact) mass is 323 g/mol. The lowest BCUT2D eigenvalue weighted by atomic mass is 10.1. The minimum absolute atomic E-state index is 0.0597. The number of hydrogen-bond donors (Lipinski definition) is 2. The standard InChI is InChI=1S/C19H17NO4/c1-11(2)20-15-6-4-3-5-13(15)18-10-16(21)14-9-12(19(22)23)7-8-17(14)24-18/h3-11,20H,1-2H3,(H,22,23). The molecule has 1 aromatic heterocycles. The first kappa shape index (κ1) is 15.8. The van der Waals surface area contributed by atoms with Crippen molar-refractivity contribution < 1.29 is 14.3 Å². The summed E-state index contributed by atoms with van der Waals surface area (Å²) in [6.45, 7) is 4.06. The highest BCUT2D eigenvalue weighted by Gasteiger charge is 2.13. The second kappa shape index (κ2) is 6.20. The zero-order chi connectivity index (χ0) is 17.3. The van der Waals surface area contributed by atoms with E-state index in [1.54, 1.807) is 0 Å². The van der Waals surface area contributed by atoms with Crippen molar-refractivity contribution in [3.63, 3.8) is 0 Å². The maximum Gasteiger partial charge on any atom is 0.335 e. The van der Waals surface area contributed by atoms with Crippen LogP contribution in [-0.4, -0.2) is 17.1 Å². The zero-order valence-corrected chi connectivity index (χ0v) is 13.4. The van der Waals surface area contributed by atoms with E-state index in [1.165, 1.54) is 24.3 Å². The van der Waals surface area contributed by atoms with E-state index in [0.717, 1.165) is 11.3 Å². The molecule has 0 aliphatic rings. The van der Waals surface area contributed by atoms with Crippen molar-refractivity contribution in [1.82, 2.24) is 0 Å². The van der Waals surface area contributed by atoms with Gasteiger partial charge in [0, 0.05) is 23.4 Å². The van der Waals surface area contributed by atoms with Gasteiger partial charge in [-0.2, -0.15) is 0 Å². The topological polar surface area (TPSA) is 79.5 Å². The third-order valence-corrected chi connectivity index (χ3v) is 3.61. The van der Waals surface area contributed by atoms with Crippen LogP contribution in [0.4, 0.5) is 5.69 Å². The van der Waals surface area contributed by atoms with Gasteiger partial charge in [-0.25, -0.2) is 4.79 Å². The molecular weight excluding hydrogens is 306 g/mol. The van der Waals surface area contributed by atoms with Crippen LogP contribution in [0.25, 0.3) is 22.3 Å². The van der Waals surface area contributed by atoms with E-state index in [4.69, 9.17) is 9.52 Å². The minimum Gasteiger partial charge on any atom is -0.478 e. The molecular formula is C19H17NO4. The molecule has 3 rings (SSSR count). The Balaban J connectivity index is 2.17. The first-order valence-electron chi connectivity index (χ1n) is 7.63. The molecule has 2 N–H and O–H groups in total. The maximum absolute atomic E-state index is 12.4. The lowest BCUT2D eigenvalue weighted by molar-refractivity contribution is 0.0697. The van der Waals surface area contributed by atoms with Crippen molar-refractivity contribution in [2.75, 3.05) is 5.32 Å². The van der Waals surface area contributed by atoms with Gasteiger partial charge in [0.05, 0.1) is 10.9 Å². The number of para-hydroxylation sites is 1. The molecule has 0 unspecified atom stereocenters. The van der Waals surface area contributed by atoms with Crippen LogP contribution in [0.3, 0.4) is 0 Å². The van der Waals surface area contributed by atoms with Crippen LogP contribution >= 0.6 is 0 Å². The Labute approximate surface area is 138 Å². The molecule has 0 bridgehead atoms. The molecule has 0 amide bonds. The summed E-state index contributed by atoms with van der Waals surface area (Å²) in [5.41, 5.74) is 1.81.